The summed E-state index contributed by atoms with van der Waals surface area (Å²) in [5, 5.41) is 0. The van der Waals surface area contributed by atoms with Gasteiger partial charge in [0.2, 0.25) is 0 Å². The van der Waals surface area contributed by atoms with E-state index in [2.05, 4.69) is 73.3 Å². The molecule has 0 bridgehead atoms. The summed E-state index contributed by atoms with van der Waals surface area (Å²) in [6.07, 6.45) is 0. The van der Waals surface area contributed by atoms with Crippen molar-refractivity contribution in [2.24, 2.45) is 0 Å². The van der Waals surface area contributed by atoms with Gasteiger partial charge in [-0.2, -0.15) is 0 Å². The minimum Gasteiger partial charge on any atom is -0.370 e. The summed E-state index contributed by atoms with van der Waals surface area (Å²) in [7, 11) is 4.37. The van der Waals surface area contributed by atoms with E-state index in [-0.39, 0.29) is 0 Å². The second kappa shape index (κ2) is 4.61. The second-order valence-electron chi connectivity index (χ2n) is 5.42. The van der Waals surface area contributed by atoms with Gasteiger partial charge in [0.05, 0.1) is 0 Å². The molecule has 0 unspecified atom stereocenters. The molecular weight excluding hydrogens is 232 g/mol. The van der Waals surface area contributed by atoms with Crippen LogP contribution in [0, 0.1) is 6.92 Å². The lowest BCUT2D eigenvalue weighted by molar-refractivity contribution is 0.833. The Morgan fingerprint density at radius 3 is 2.32 bits per heavy atom. The maximum Gasteiger partial charge on any atom is 0.0446 e. The lowest BCUT2D eigenvalue weighted by atomic mass is 10.0. The molecule has 19 heavy (non-hydrogen) atoms. The van der Waals surface area contributed by atoms with Gasteiger partial charge in [0.25, 0.3) is 0 Å². The van der Waals surface area contributed by atoms with Crippen molar-refractivity contribution in [1.29, 1.82) is 0 Å². The smallest absolute Gasteiger partial charge is 0.0446 e. The molecule has 1 aliphatic rings. The van der Waals surface area contributed by atoms with Crippen molar-refractivity contribution in [2.75, 3.05) is 23.9 Å². The van der Waals surface area contributed by atoms with Crippen LogP contribution in [0.3, 0.4) is 0 Å². The minimum atomic E-state index is 0.957. The number of hydrogen-bond donors (Lipinski definition) is 0. The van der Waals surface area contributed by atoms with Crippen molar-refractivity contribution < 1.29 is 0 Å². The first-order valence-electron chi connectivity index (χ1n) is 6.75. The number of rotatable bonds is 0. The van der Waals surface area contributed by atoms with Gasteiger partial charge in [0.1, 0.15) is 0 Å². The number of benzene rings is 2. The van der Waals surface area contributed by atoms with Gasteiger partial charge in [-0.05, 0) is 29.7 Å². The molecule has 2 nitrogen and oxygen atoms in total. The predicted molar refractivity (Wildman–Crippen MR) is 81.8 cm³/mol. The topological polar surface area (TPSA) is 6.48 Å². The van der Waals surface area contributed by atoms with Gasteiger partial charge >= 0.3 is 0 Å². The van der Waals surface area contributed by atoms with E-state index >= 15 is 0 Å². The van der Waals surface area contributed by atoms with Crippen LogP contribution in [0.15, 0.2) is 42.5 Å². The molecule has 0 aromatic heterocycles. The van der Waals surface area contributed by atoms with E-state index in [0.29, 0.717) is 0 Å². The van der Waals surface area contributed by atoms with E-state index in [1.807, 2.05) is 0 Å². The third kappa shape index (κ3) is 2.07. The molecule has 0 saturated carbocycles. The van der Waals surface area contributed by atoms with E-state index in [4.69, 9.17) is 0 Å². The quantitative estimate of drug-likeness (QED) is 0.707. The van der Waals surface area contributed by atoms with E-state index in [1.165, 1.54) is 28.1 Å². The van der Waals surface area contributed by atoms with Crippen LogP contribution in [0.4, 0.5) is 11.4 Å². The highest BCUT2D eigenvalue weighted by atomic mass is 15.2. The Morgan fingerprint density at radius 2 is 1.47 bits per heavy atom. The Bertz CT molecular complexity index is 604. The summed E-state index contributed by atoms with van der Waals surface area (Å²) in [5.74, 6) is 0. The highest BCUT2D eigenvalue weighted by molar-refractivity contribution is 5.64. The highest BCUT2D eigenvalue weighted by Crippen LogP contribution is 2.32. The largest absolute Gasteiger partial charge is 0.370 e. The molecule has 0 fully saturated rings. The first-order valence-corrected chi connectivity index (χ1v) is 6.75. The van der Waals surface area contributed by atoms with Crippen molar-refractivity contribution >= 4 is 11.4 Å². The Hall–Kier alpha value is -1.96. The molecule has 0 atom stereocenters. The van der Waals surface area contributed by atoms with Crippen LogP contribution < -0.4 is 9.80 Å². The fraction of sp³-hybridized carbons (Fsp3) is 0.294. The van der Waals surface area contributed by atoms with Gasteiger partial charge in [0, 0.05) is 38.6 Å². The summed E-state index contributed by atoms with van der Waals surface area (Å²) >= 11 is 0. The molecule has 0 amide bonds. The molecular formula is C17H20N2. The minimum absolute atomic E-state index is 0.957. The molecule has 1 heterocycles. The standard InChI is InChI=1S/C17H20N2/c1-13-7-6-9-15-12-18(2)16-10-5-4-8-14(16)11-19(3)17(13)15/h4-10H,11-12H2,1-3H3. The van der Waals surface area contributed by atoms with Crippen molar-refractivity contribution in [2.45, 2.75) is 20.0 Å². The molecule has 1 aliphatic heterocycles. The Balaban J connectivity index is 2.12. The van der Waals surface area contributed by atoms with Crippen LogP contribution in [0.1, 0.15) is 16.7 Å². The average molecular weight is 252 g/mol. The molecule has 0 N–H and O–H groups in total. The van der Waals surface area contributed by atoms with Gasteiger partial charge in [-0.15, -0.1) is 0 Å². The third-order valence-corrected chi connectivity index (χ3v) is 3.92. The Labute approximate surface area is 115 Å². The number of nitrogens with zero attached hydrogens (tertiary/aromatic N) is 2. The summed E-state index contributed by atoms with van der Waals surface area (Å²) in [6.45, 7) is 4.11. The van der Waals surface area contributed by atoms with Gasteiger partial charge < -0.3 is 9.80 Å². The van der Waals surface area contributed by atoms with Crippen LogP contribution in [0.2, 0.25) is 0 Å². The van der Waals surface area contributed by atoms with E-state index in [1.54, 1.807) is 0 Å². The van der Waals surface area contributed by atoms with Crippen molar-refractivity contribution in [3.8, 4) is 0 Å². The second-order valence-corrected chi connectivity index (χ2v) is 5.42. The zero-order valence-electron chi connectivity index (χ0n) is 11.9. The molecule has 3 rings (SSSR count). The van der Waals surface area contributed by atoms with E-state index in [9.17, 15) is 0 Å². The maximum absolute atomic E-state index is 2.37. The normalized spacial score (nSPS) is 14.5. The maximum atomic E-state index is 2.37. The zero-order chi connectivity index (χ0) is 13.4. The molecule has 2 aromatic carbocycles. The number of hydrogen-bond acceptors (Lipinski definition) is 2. The lowest BCUT2D eigenvalue weighted by Gasteiger charge is -2.33. The van der Waals surface area contributed by atoms with E-state index < -0.39 is 0 Å². The fourth-order valence-electron chi connectivity index (χ4n) is 3.09. The monoisotopic (exact) mass is 252 g/mol. The van der Waals surface area contributed by atoms with Crippen molar-refractivity contribution in [3.05, 3.63) is 59.2 Å². The van der Waals surface area contributed by atoms with Crippen molar-refractivity contribution in [1.82, 2.24) is 0 Å². The number of fused-ring (bicyclic) bond motifs is 2. The number of anilines is 2. The summed E-state index contributed by atoms with van der Waals surface area (Å²) in [4.78, 5) is 4.72. The molecule has 98 valence electrons. The van der Waals surface area contributed by atoms with Gasteiger partial charge in [0.15, 0.2) is 0 Å². The fourth-order valence-corrected chi connectivity index (χ4v) is 3.09. The molecule has 2 heteroatoms. The third-order valence-electron chi connectivity index (χ3n) is 3.92. The summed E-state index contributed by atoms with van der Waals surface area (Å²) in [5.41, 5.74) is 6.86. The van der Waals surface area contributed by atoms with Crippen LogP contribution in [-0.2, 0) is 13.1 Å². The Kier molecular flexibility index (Phi) is 2.94. The van der Waals surface area contributed by atoms with Crippen LogP contribution in [0.25, 0.3) is 0 Å². The first-order chi connectivity index (χ1) is 9.16. The van der Waals surface area contributed by atoms with E-state index in [0.717, 1.165) is 13.1 Å². The summed E-state index contributed by atoms with van der Waals surface area (Å²) < 4.78 is 0. The summed E-state index contributed by atoms with van der Waals surface area (Å²) in [6, 6.07) is 15.3. The van der Waals surface area contributed by atoms with Gasteiger partial charge in [-0.1, -0.05) is 36.4 Å². The number of aryl methyl sites for hydroxylation is 1. The first kappa shape index (κ1) is 12.1. The number of para-hydroxylation sites is 2. The average Bonchev–Trinajstić information content (AvgIpc) is 2.37. The molecule has 0 aliphatic carbocycles. The SMILES string of the molecule is Cc1cccc2c1N(C)Cc1ccccc1N(C)C2. The van der Waals surface area contributed by atoms with Gasteiger partial charge in [-0.25, -0.2) is 0 Å². The van der Waals surface area contributed by atoms with Crippen LogP contribution in [-0.4, -0.2) is 14.1 Å². The lowest BCUT2D eigenvalue weighted by Crippen LogP contribution is -2.27. The highest BCUT2D eigenvalue weighted by Gasteiger charge is 2.18. The molecule has 0 radical (unpaired) electrons. The molecule has 2 aromatic rings. The zero-order valence-corrected chi connectivity index (χ0v) is 11.9. The van der Waals surface area contributed by atoms with Crippen molar-refractivity contribution in [3.63, 3.8) is 0 Å². The van der Waals surface area contributed by atoms with Crippen LogP contribution in [0.5, 0.6) is 0 Å². The molecule has 0 saturated heterocycles. The molecule has 0 spiro atoms. The Morgan fingerprint density at radius 1 is 0.789 bits per heavy atom. The van der Waals surface area contributed by atoms with Crippen LogP contribution >= 0.6 is 0 Å². The predicted octanol–water partition coefficient (Wildman–Crippen LogP) is 3.58. The van der Waals surface area contributed by atoms with Gasteiger partial charge in [-0.3, -0.25) is 0 Å².